The summed E-state index contributed by atoms with van der Waals surface area (Å²) >= 11 is 2.98. The summed E-state index contributed by atoms with van der Waals surface area (Å²) in [5.74, 6) is 1.32. The van der Waals surface area contributed by atoms with Crippen LogP contribution in [0.5, 0.6) is 0 Å². The molecule has 0 radical (unpaired) electrons. The number of benzene rings is 1. The number of hydrogen-bond acceptors (Lipinski definition) is 4. The lowest BCUT2D eigenvalue weighted by atomic mass is 10.2. The number of nitrogens with zero attached hydrogens (tertiary/aromatic N) is 1. The van der Waals surface area contributed by atoms with Crippen molar-refractivity contribution in [1.82, 2.24) is 9.69 Å². The Balaban J connectivity index is 1.81. The normalized spacial score (nSPS) is 10.7. The van der Waals surface area contributed by atoms with E-state index in [9.17, 15) is 4.79 Å². The fourth-order valence-corrected chi connectivity index (χ4v) is 3.33. The minimum Gasteiger partial charge on any atom is -0.338 e. The maximum Gasteiger partial charge on any atom is 0.319 e. The second kappa shape index (κ2) is 8.19. The van der Waals surface area contributed by atoms with E-state index in [-0.39, 0.29) is 6.03 Å². The summed E-state index contributed by atoms with van der Waals surface area (Å²) in [6.07, 6.45) is 0. The summed E-state index contributed by atoms with van der Waals surface area (Å²) in [7, 11) is 0. The maximum absolute atomic E-state index is 11.7. The van der Waals surface area contributed by atoms with E-state index in [2.05, 4.69) is 60.0 Å². The van der Waals surface area contributed by atoms with Gasteiger partial charge in [-0.25, -0.2) is 4.79 Å². The quantitative estimate of drug-likeness (QED) is 0.763. The van der Waals surface area contributed by atoms with Gasteiger partial charge in [0.25, 0.3) is 0 Å². The summed E-state index contributed by atoms with van der Waals surface area (Å²) in [4.78, 5) is 11.7. The number of carbonyl (C=O) groups is 1. The van der Waals surface area contributed by atoms with Crippen molar-refractivity contribution in [3.8, 4) is 0 Å². The molecule has 0 atom stereocenters. The number of aromatic nitrogens is 1. The fourth-order valence-electron chi connectivity index (χ4n) is 1.68. The highest BCUT2D eigenvalue weighted by atomic mass is 32.2. The van der Waals surface area contributed by atoms with Gasteiger partial charge in [-0.2, -0.15) is 4.37 Å². The SMILES string of the molecule is Cc1ccc(CSc2cc(NC(=O)NCC(C)C)sn2)cc1. The van der Waals surface area contributed by atoms with Gasteiger partial charge in [-0.3, -0.25) is 5.32 Å². The highest BCUT2D eigenvalue weighted by Gasteiger charge is 2.07. The van der Waals surface area contributed by atoms with Gasteiger partial charge < -0.3 is 5.32 Å². The van der Waals surface area contributed by atoms with Gasteiger partial charge in [0.05, 0.1) is 0 Å². The highest BCUT2D eigenvalue weighted by molar-refractivity contribution is 7.98. The molecule has 2 amide bonds. The van der Waals surface area contributed by atoms with Gasteiger partial charge in [0, 0.05) is 18.4 Å². The molecule has 0 spiro atoms. The molecule has 0 saturated carbocycles. The zero-order chi connectivity index (χ0) is 15.9. The molecule has 1 aromatic carbocycles. The molecule has 6 heteroatoms. The standard InChI is InChI=1S/C16H21N3OS2/c1-11(2)9-17-16(20)18-14-8-15(19-22-14)21-10-13-6-4-12(3)5-7-13/h4-8,11H,9-10H2,1-3H3,(H2,17,18,20). The Morgan fingerprint density at radius 2 is 2.05 bits per heavy atom. The van der Waals surface area contributed by atoms with Crippen molar-refractivity contribution in [1.29, 1.82) is 0 Å². The van der Waals surface area contributed by atoms with Crippen molar-refractivity contribution in [3.05, 3.63) is 41.5 Å². The molecule has 0 aliphatic heterocycles. The van der Waals surface area contributed by atoms with Crippen molar-refractivity contribution in [2.75, 3.05) is 11.9 Å². The highest BCUT2D eigenvalue weighted by Crippen LogP contribution is 2.27. The van der Waals surface area contributed by atoms with Crippen molar-refractivity contribution < 1.29 is 4.79 Å². The van der Waals surface area contributed by atoms with E-state index in [0.29, 0.717) is 12.5 Å². The molecule has 0 aliphatic carbocycles. The van der Waals surface area contributed by atoms with Crippen LogP contribution in [-0.4, -0.2) is 16.9 Å². The Hall–Kier alpha value is -1.53. The van der Waals surface area contributed by atoms with Crippen molar-refractivity contribution in [3.63, 3.8) is 0 Å². The van der Waals surface area contributed by atoms with Crippen LogP contribution in [0.15, 0.2) is 35.4 Å². The van der Waals surface area contributed by atoms with E-state index in [4.69, 9.17) is 0 Å². The average molecular weight is 335 g/mol. The number of amides is 2. The van der Waals surface area contributed by atoms with Gasteiger partial charge in [0.15, 0.2) is 0 Å². The zero-order valence-electron chi connectivity index (χ0n) is 13.1. The van der Waals surface area contributed by atoms with Crippen molar-refractivity contribution in [2.45, 2.75) is 31.6 Å². The number of nitrogens with one attached hydrogen (secondary N) is 2. The number of carbonyl (C=O) groups excluding carboxylic acids is 1. The zero-order valence-corrected chi connectivity index (χ0v) is 14.7. The summed E-state index contributed by atoms with van der Waals surface area (Å²) in [5.41, 5.74) is 2.54. The van der Waals surface area contributed by atoms with Crippen LogP contribution < -0.4 is 10.6 Å². The summed E-state index contributed by atoms with van der Waals surface area (Å²) in [5, 5.41) is 7.35. The molecular formula is C16H21N3OS2. The maximum atomic E-state index is 11.7. The Morgan fingerprint density at radius 3 is 2.73 bits per heavy atom. The van der Waals surface area contributed by atoms with Crippen molar-refractivity contribution >= 4 is 34.3 Å². The summed E-state index contributed by atoms with van der Waals surface area (Å²) < 4.78 is 4.36. The number of rotatable bonds is 6. The molecule has 118 valence electrons. The van der Waals surface area contributed by atoms with Crippen LogP contribution in [-0.2, 0) is 5.75 Å². The second-order valence-electron chi connectivity index (χ2n) is 5.53. The van der Waals surface area contributed by atoms with Crippen LogP contribution in [0.1, 0.15) is 25.0 Å². The van der Waals surface area contributed by atoms with E-state index >= 15 is 0 Å². The van der Waals surface area contributed by atoms with Crippen LogP contribution in [0.2, 0.25) is 0 Å². The largest absolute Gasteiger partial charge is 0.338 e. The van der Waals surface area contributed by atoms with E-state index in [1.54, 1.807) is 11.8 Å². The first kappa shape index (κ1) is 16.8. The molecular weight excluding hydrogens is 314 g/mol. The van der Waals surface area contributed by atoms with E-state index in [0.717, 1.165) is 15.8 Å². The molecule has 4 nitrogen and oxygen atoms in total. The van der Waals surface area contributed by atoms with Crippen LogP contribution >= 0.6 is 23.3 Å². The molecule has 0 fully saturated rings. The van der Waals surface area contributed by atoms with Crippen molar-refractivity contribution in [2.24, 2.45) is 5.92 Å². The number of aryl methyl sites for hydroxylation is 1. The topological polar surface area (TPSA) is 54.0 Å². The average Bonchev–Trinajstić information content (AvgIpc) is 2.92. The number of urea groups is 1. The van der Waals surface area contributed by atoms with Gasteiger partial charge in [0.2, 0.25) is 0 Å². The minimum absolute atomic E-state index is 0.174. The van der Waals surface area contributed by atoms with Gasteiger partial charge in [-0.1, -0.05) is 43.7 Å². The van der Waals surface area contributed by atoms with Crippen LogP contribution in [0.4, 0.5) is 9.80 Å². The predicted octanol–water partition coefficient (Wildman–Crippen LogP) is 4.52. The van der Waals surface area contributed by atoms with Gasteiger partial charge >= 0.3 is 6.03 Å². The Kier molecular flexibility index (Phi) is 6.27. The molecule has 0 bridgehead atoms. The molecule has 0 aliphatic rings. The van der Waals surface area contributed by atoms with E-state index in [1.807, 2.05) is 6.07 Å². The Bertz CT molecular complexity index is 608. The lowest BCUT2D eigenvalue weighted by Gasteiger charge is -2.07. The monoisotopic (exact) mass is 335 g/mol. The van der Waals surface area contributed by atoms with Gasteiger partial charge in [0.1, 0.15) is 10.0 Å². The molecule has 0 saturated heterocycles. The van der Waals surface area contributed by atoms with E-state index in [1.165, 1.54) is 22.7 Å². The van der Waals surface area contributed by atoms with Gasteiger partial charge in [-0.15, -0.1) is 11.8 Å². The number of hydrogen-bond donors (Lipinski definition) is 2. The number of thioether (sulfide) groups is 1. The molecule has 1 aromatic heterocycles. The third-order valence-electron chi connectivity index (χ3n) is 2.90. The van der Waals surface area contributed by atoms with Crippen LogP contribution in [0, 0.1) is 12.8 Å². The molecule has 22 heavy (non-hydrogen) atoms. The third kappa shape index (κ3) is 5.69. The summed E-state index contributed by atoms with van der Waals surface area (Å²) in [6, 6.07) is 10.2. The lowest BCUT2D eigenvalue weighted by molar-refractivity contribution is 0.251. The number of anilines is 1. The molecule has 2 rings (SSSR count). The smallest absolute Gasteiger partial charge is 0.319 e. The van der Waals surface area contributed by atoms with Crippen LogP contribution in [0.25, 0.3) is 0 Å². The minimum atomic E-state index is -0.174. The van der Waals surface area contributed by atoms with Gasteiger partial charge in [-0.05, 0) is 29.9 Å². The Labute approximate surface area is 139 Å². The first-order valence-corrected chi connectivity index (χ1v) is 8.98. The lowest BCUT2D eigenvalue weighted by Crippen LogP contribution is -2.31. The Morgan fingerprint density at radius 1 is 1.32 bits per heavy atom. The first-order chi connectivity index (χ1) is 10.5. The second-order valence-corrected chi connectivity index (χ2v) is 7.33. The molecule has 2 aromatic rings. The predicted molar refractivity (Wildman–Crippen MR) is 94.7 cm³/mol. The molecule has 2 N–H and O–H groups in total. The van der Waals surface area contributed by atoms with Crippen LogP contribution in [0.3, 0.4) is 0 Å². The molecule has 0 unspecified atom stereocenters. The summed E-state index contributed by atoms with van der Waals surface area (Å²) in [6.45, 7) is 6.87. The third-order valence-corrected chi connectivity index (χ3v) is 4.71. The molecule has 1 heterocycles. The van der Waals surface area contributed by atoms with E-state index < -0.39 is 0 Å². The fraction of sp³-hybridized carbons (Fsp3) is 0.375. The first-order valence-electron chi connectivity index (χ1n) is 7.23.